The smallest absolute Gasteiger partial charge is 0.353 e. The highest BCUT2D eigenvalue weighted by Crippen LogP contribution is 2.41. The van der Waals surface area contributed by atoms with E-state index in [1.165, 1.54) is 24.5 Å². The van der Waals surface area contributed by atoms with Crippen molar-refractivity contribution < 1.29 is 18.0 Å². The summed E-state index contributed by atoms with van der Waals surface area (Å²) in [5.41, 5.74) is 4.26. The zero-order chi connectivity index (χ0) is 19.8. The summed E-state index contributed by atoms with van der Waals surface area (Å²) in [6.45, 7) is 3.64. The minimum absolute atomic E-state index is 0.0292. The van der Waals surface area contributed by atoms with Crippen LogP contribution in [-0.4, -0.2) is 32.9 Å². The summed E-state index contributed by atoms with van der Waals surface area (Å²) >= 11 is 0. The van der Waals surface area contributed by atoms with Gasteiger partial charge in [0.15, 0.2) is 0 Å². The first-order valence-corrected chi connectivity index (χ1v) is 8.14. The number of aromatic amines is 1. The van der Waals surface area contributed by atoms with Crippen molar-refractivity contribution in [2.45, 2.75) is 25.6 Å². The largest absolute Gasteiger partial charge is 0.419 e. The number of hydrogen-bond donors (Lipinski definition) is 3. The molecule has 0 aliphatic carbocycles. The molecule has 142 valence electrons. The molecule has 0 unspecified atom stereocenters. The molecule has 0 spiro atoms. The van der Waals surface area contributed by atoms with Gasteiger partial charge in [-0.3, -0.25) is 9.78 Å². The first kappa shape index (κ1) is 18.8. The third-order valence-corrected chi connectivity index (χ3v) is 3.82. The summed E-state index contributed by atoms with van der Waals surface area (Å²) in [5, 5.41) is 2.62. The van der Waals surface area contributed by atoms with Crippen LogP contribution in [0, 0.1) is 0 Å². The van der Waals surface area contributed by atoms with Gasteiger partial charge in [0.1, 0.15) is 11.4 Å². The van der Waals surface area contributed by atoms with Crippen LogP contribution in [-0.2, 0) is 6.18 Å². The Labute approximate surface area is 153 Å². The van der Waals surface area contributed by atoms with Gasteiger partial charge in [-0.25, -0.2) is 4.98 Å². The molecule has 4 N–H and O–H groups in total. The molecule has 0 radical (unpaired) electrons. The lowest BCUT2D eigenvalue weighted by molar-refractivity contribution is -0.135. The van der Waals surface area contributed by atoms with Gasteiger partial charge in [0, 0.05) is 23.0 Å². The highest BCUT2D eigenvalue weighted by atomic mass is 19.4. The minimum atomic E-state index is -4.60. The van der Waals surface area contributed by atoms with E-state index in [1.807, 2.05) is 0 Å². The number of para-hydroxylation sites is 1. The van der Waals surface area contributed by atoms with E-state index in [2.05, 4.69) is 20.3 Å². The number of rotatable bonds is 4. The van der Waals surface area contributed by atoms with Gasteiger partial charge in [-0.1, -0.05) is 18.2 Å². The van der Waals surface area contributed by atoms with E-state index >= 15 is 0 Å². The molecule has 6 nitrogen and oxygen atoms in total. The van der Waals surface area contributed by atoms with Gasteiger partial charge in [-0.05, 0) is 19.9 Å². The number of carbonyl (C=O) groups is 1. The molecule has 0 aliphatic heterocycles. The zero-order valence-electron chi connectivity index (χ0n) is 14.7. The van der Waals surface area contributed by atoms with E-state index in [1.54, 1.807) is 26.0 Å². The first-order chi connectivity index (χ1) is 12.6. The Morgan fingerprint density at radius 2 is 1.93 bits per heavy atom. The topological polar surface area (TPSA) is 96.7 Å². The van der Waals surface area contributed by atoms with Crippen molar-refractivity contribution in [2.75, 3.05) is 6.54 Å². The molecule has 2 heterocycles. The normalized spacial score (nSPS) is 12.4. The number of benzene rings is 1. The van der Waals surface area contributed by atoms with Crippen LogP contribution in [0.5, 0.6) is 0 Å². The van der Waals surface area contributed by atoms with Crippen LogP contribution in [0.2, 0.25) is 0 Å². The summed E-state index contributed by atoms with van der Waals surface area (Å²) in [5.74, 6) is -0.562. The second-order valence-corrected chi connectivity index (χ2v) is 6.88. The highest BCUT2D eigenvalue weighted by Gasteiger charge is 2.38. The van der Waals surface area contributed by atoms with Crippen molar-refractivity contribution in [1.82, 2.24) is 20.3 Å². The number of nitrogens with zero attached hydrogens (tertiary/aromatic N) is 2. The Balaban J connectivity index is 2.04. The number of carbonyl (C=O) groups excluding carboxylic acids is 1. The van der Waals surface area contributed by atoms with Crippen LogP contribution in [0.1, 0.15) is 29.9 Å². The van der Waals surface area contributed by atoms with Gasteiger partial charge in [-0.2, -0.15) is 13.2 Å². The van der Waals surface area contributed by atoms with E-state index in [0.717, 1.165) is 0 Å². The Morgan fingerprint density at radius 1 is 1.22 bits per heavy atom. The van der Waals surface area contributed by atoms with E-state index in [-0.39, 0.29) is 29.0 Å². The molecular formula is C18H18F3N5O. The molecule has 0 saturated heterocycles. The summed E-state index contributed by atoms with van der Waals surface area (Å²) in [6.07, 6.45) is -2.22. The summed E-state index contributed by atoms with van der Waals surface area (Å²) in [7, 11) is 0. The molecule has 0 saturated carbocycles. The first-order valence-electron chi connectivity index (χ1n) is 8.14. The average Bonchev–Trinajstić information content (AvgIpc) is 2.99. The number of nitrogens with two attached hydrogens (primary N) is 1. The van der Waals surface area contributed by atoms with Crippen LogP contribution < -0.4 is 11.1 Å². The number of nitrogens with one attached hydrogen (secondary N) is 2. The van der Waals surface area contributed by atoms with Crippen LogP contribution >= 0.6 is 0 Å². The van der Waals surface area contributed by atoms with Crippen molar-refractivity contribution in [3.63, 3.8) is 0 Å². The summed E-state index contributed by atoms with van der Waals surface area (Å²) in [6, 6.07) is 6.08. The van der Waals surface area contributed by atoms with Crippen LogP contribution in [0.4, 0.5) is 13.2 Å². The number of aromatic nitrogens is 3. The SMILES string of the molecule is CC(C)(N)CNC(=O)c1cncc(-c2[nH]c3ccccc3c2C(F)(F)F)n1. The van der Waals surface area contributed by atoms with Crippen LogP contribution in [0.3, 0.4) is 0 Å². The monoisotopic (exact) mass is 377 g/mol. The van der Waals surface area contributed by atoms with Crippen molar-refractivity contribution in [1.29, 1.82) is 0 Å². The molecule has 2 aromatic heterocycles. The zero-order valence-corrected chi connectivity index (χ0v) is 14.7. The third-order valence-electron chi connectivity index (χ3n) is 3.82. The van der Waals surface area contributed by atoms with E-state index < -0.39 is 23.2 Å². The van der Waals surface area contributed by atoms with Gasteiger partial charge >= 0.3 is 6.18 Å². The standard InChI is InChI=1S/C18H18F3N5O/c1-17(2,22)9-24-16(27)13-8-23-7-12(25-13)15-14(18(19,20)21)10-5-3-4-6-11(10)26-15/h3-8,26H,9,22H2,1-2H3,(H,24,27). The van der Waals surface area contributed by atoms with Gasteiger partial charge in [0.2, 0.25) is 0 Å². The van der Waals surface area contributed by atoms with Crippen LogP contribution in [0.15, 0.2) is 36.7 Å². The number of amides is 1. The molecule has 0 fully saturated rings. The van der Waals surface area contributed by atoms with Gasteiger partial charge in [0.25, 0.3) is 5.91 Å². The number of fused-ring (bicyclic) bond motifs is 1. The van der Waals surface area contributed by atoms with Crippen molar-refractivity contribution in [2.24, 2.45) is 5.73 Å². The fourth-order valence-electron chi connectivity index (χ4n) is 2.62. The van der Waals surface area contributed by atoms with Gasteiger partial charge in [-0.15, -0.1) is 0 Å². The second-order valence-electron chi connectivity index (χ2n) is 6.88. The number of H-pyrrole nitrogens is 1. The Hall–Kier alpha value is -2.94. The quantitative estimate of drug-likeness (QED) is 0.651. The lowest BCUT2D eigenvalue weighted by Crippen LogP contribution is -2.45. The molecule has 27 heavy (non-hydrogen) atoms. The maximum atomic E-state index is 13.6. The fourth-order valence-corrected chi connectivity index (χ4v) is 2.62. The van der Waals surface area contributed by atoms with Crippen LogP contribution in [0.25, 0.3) is 22.3 Å². The molecular weight excluding hydrogens is 359 g/mol. The van der Waals surface area contributed by atoms with Gasteiger partial charge in [0.05, 0.1) is 23.7 Å². The molecule has 0 aliphatic rings. The summed E-state index contributed by atoms with van der Waals surface area (Å²) in [4.78, 5) is 22.9. The highest BCUT2D eigenvalue weighted by molar-refractivity contribution is 5.94. The molecule has 1 aromatic carbocycles. The maximum Gasteiger partial charge on any atom is 0.419 e. The Morgan fingerprint density at radius 3 is 2.59 bits per heavy atom. The van der Waals surface area contributed by atoms with Crippen molar-refractivity contribution >= 4 is 16.8 Å². The van der Waals surface area contributed by atoms with Crippen molar-refractivity contribution in [3.8, 4) is 11.4 Å². The Bertz CT molecular complexity index is 989. The number of alkyl halides is 3. The molecule has 0 atom stereocenters. The molecule has 9 heteroatoms. The molecule has 1 amide bonds. The average molecular weight is 377 g/mol. The van der Waals surface area contributed by atoms with E-state index in [0.29, 0.717) is 5.52 Å². The lowest BCUT2D eigenvalue weighted by atomic mass is 10.1. The summed E-state index contributed by atoms with van der Waals surface area (Å²) < 4.78 is 40.9. The minimum Gasteiger partial charge on any atom is -0.353 e. The Kier molecular flexibility index (Phi) is 4.64. The lowest BCUT2D eigenvalue weighted by Gasteiger charge is -2.18. The van der Waals surface area contributed by atoms with Gasteiger partial charge < -0.3 is 16.0 Å². The van der Waals surface area contributed by atoms with E-state index in [4.69, 9.17) is 5.73 Å². The molecule has 0 bridgehead atoms. The second kappa shape index (κ2) is 6.66. The predicted molar refractivity (Wildman–Crippen MR) is 94.9 cm³/mol. The third kappa shape index (κ3) is 4.08. The predicted octanol–water partition coefficient (Wildman–Crippen LogP) is 3.11. The maximum absolute atomic E-state index is 13.6. The van der Waals surface area contributed by atoms with E-state index in [9.17, 15) is 18.0 Å². The van der Waals surface area contributed by atoms with Crippen molar-refractivity contribution in [3.05, 3.63) is 47.9 Å². The molecule has 3 aromatic rings. The molecule has 3 rings (SSSR count). The fraction of sp³-hybridized carbons (Fsp3) is 0.278. The number of halogens is 3. The number of hydrogen-bond acceptors (Lipinski definition) is 4.